The average Bonchev–Trinajstić information content (AvgIpc) is 3.33. The van der Waals surface area contributed by atoms with E-state index in [-0.39, 0.29) is 11.8 Å². The van der Waals surface area contributed by atoms with Gasteiger partial charge in [0.1, 0.15) is 12.7 Å². The van der Waals surface area contributed by atoms with Gasteiger partial charge in [-0.25, -0.2) is 9.67 Å². The Morgan fingerprint density at radius 3 is 2.68 bits per heavy atom. The van der Waals surface area contributed by atoms with Gasteiger partial charge in [0.05, 0.1) is 11.3 Å². The molecule has 1 aromatic carbocycles. The Morgan fingerprint density at radius 1 is 1.00 bits per heavy atom. The number of para-hydroxylation sites is 1. The summed E-state index contributed by atoms with van der Waals surface area (Å²) < 4.78 is 1.64. The van der Waals surface area contributed by atoms with E-state index in [0.717, 1.165) is 51.0 Å². The Balaban J connectivity index is 1.50. The zero-order valence-corrected chi connectivity index (χ0v) is 18.1. The molecule has 8 nitrogen and oxygen atoms in total. The number of carbonyl (C=O) groups is 2. The molecule has 3 heterocycles. The summed E-state index contributed by atoms with van der Waals surface area (Å²) in [5.41, 5.74) is 1.39. The summed E-state index contributed by atoms with van der Waals surface area (Å²) in [5, 5.41) is 7.28. The third-order valence-electron chi connectivity index (χ3n) is 6.31. The number of hydrogen-bond donors (Lipinski definition) is 1. The summed E-state index contributed by atoms with van der Waals surface area (Å²) in [7, 11) is 0. The minimum Gasteiger partial charge on any atom is -0.356 e. The quantitative estimate of drug-likeness (QED) is 0.800. The average molecular weight is 425 g/mol. The number of amides is 2. The first-order chi connectivity index (χ1) is 15.2. The van der Waals surface area contributed by atoms with Crippen LogP contribution in [0, 0.1) is 0 Å². The predicted molar refractivity (Wildman–Crippen MR) is 118 cm³/mol. The van der Waals surface area contributed by atoms with Crippen LogP contribution in [0.2, 0.25) is 0 Å². The lowest BCUT2D eigenvalue weighted by molar-refractivity contribution is -0.122. The molecular weight excluding hydrogens is 392 g/mol. The molecule has 2 saturated heterocycles. The number of fused-ring (bicyclic) bond motifs is 1. The summed E-state index contributed by atoms with van der Waals surface area (Å²) in [6.45, 7) is 4.04. The first-order valence-corrected chi connectivity index (χ1v) is 11.5. The normalized spacial score (nSPS) is 21.9. The minimum absolute atomic E-state index is 0.0280. The van der Waals surface area contributed by atoms with E-state index in [9.17, 15) is 9.59 Å². The van der Waals surface area contributed by atoms with E-state index in [1.807, 2.05) is 29.2 Å². The summed E-state index contributed by atoms with van der Waals surface area (Å²) in [6.07, 6.45) is 9.79. The van der Waals surface area contributed by atoms with Gasteiger partial charge in [0.25, 0.3) is 5.91 Å². The van der Waals surface area contributed by atoms with E-state index >= 15 is 0 Å². The van der Waals surface area contributed by atoms with Crippen LogP contribution < -0.4 is 5.32 Å². The van der Waals surface area contributed by atoms with Gasteiger partial charge < -0.3 is 10.2 Å². The number of benzene rings is 1. The van der Waals surface area contributed by atoms with Crippen molar-refractivity contribution in [3.63, 3.8) is 0 Å². The summed E-state index contributed by atoms with van der Waals surface area (Å²) in [5.74, 6) is 0.186. The Kier molecular flexibility index (Phi) is 7.30. The highest BCUT2D eigenvalue weighted by Gasteiger charge is 2.26. The molecule has 0 aliphatic carbocycles. The fraction of sp³-hybridized carbons (Fsp3) is 0.565. The number of aromatic nitrogens is 3. The van der Waals surface area contributed by atoms with Crippen molar-refractivity contribution in [1.29, 1.82) is 0 Å². The van der Waals surface area contributed by atoms with Crippen molar-refractivity contribution in [3.8, 4) is 5.69 Å². The highest BCUT2D eigenvalue weighted by atomic mass is 16.2. The summed E-state index contributed by atoms with van der Waals surface area (Å²) in [6, 6.07) is 7.89. The van der Waals surface area contributed by atoms with Crippen LogP contribution in [-0.2, 0) is 4.79 Å². The SMILES string of the molecule is O=C1CC2CCCCN2CCCN(C(=O)c2ccccc2-n2cncn2)CCCCN1. The van der Waals surface area contributed by atoms with E-state index < -0.39 is 0 Å². The fourth-order valence-electron chi connectivity index (χ4n) is 4.66. The molecule has 31 heavy (non-hydrogen) atoms. The Hall–Kier alpha value is -2.74. The molecule has 0 spiro atoms. The maximum absolute atomic E-state index is 13.5. The molecule has 0 radical (unpaired) electrons. The molecule has 2 amide bonds. The number of nitrogens with one attached hydrogen (secondary N) is 1. The smallest absolute Gasteiger partial charge is 0.256 e. The van der Waals surface area contributed by atoms with Crippen LogP contribution in [0.25, 0.3) is 5.69 Å². The number of piperidine rings is 1. The van der Waals surface area contributed by atoms with Crippen molar-refractivity contribution < 1.29 is 9.59 Å². The molecule has 1 unspecified atom stereocenters. The third kappa shape index (κ3) is 5.50. The predicted octanol–water partition coefficient (Wildman–Crippen LogP) is 2.25. The molecule has 2 aromatic rings. The Morgan fingerprint density at radius 2 is 1.81 bits per heavy atom. The van der Waals surface area contributed by atoms with Crippen molar-refractivity contribution >= 4 is 11.8 Å². The molecule has 0 saturated carbocycles. The van der Waals surface area contributed by atoms with Crippen molar-refractivity contribution in [3.05, 3.63) is 42.5 Å². The molecule has 8 heteroatoms. The molecule has 1 N–H and O–H groups in total. The van der Waals surface area contributed by atoms with Gasteiger partial charge in [0.2, 0.25) is 5.91 Å². The van der Waals surface area contributed by atoms with Crippen LogP contribution in [0.3, 0.4) is 0 Å². The van der Waals surface area contributed by atoms with E-state index in [1.54, 1.807) is 11.0 Å². The van der Waals surface area contributed by atoms with Crippen molar-refractivity contribution in [1.82, 2.24) is 29.9 Å². The lowest BCUT2D eigenvalue weighted by Crippen LogP contribution is -2.44. The van der Waals surface area contributed by atoms with Gasteiger partial charge in [0.15, 0.2) is 0 Å². The number of carbonyl (C=O) groups excluding carboxylic acids is 2. The molecule has 1 aromatic heterocycles. The maximum atomic E-state index is 13.5. The Labute approximate surface area is 183 Å². The molecular formula is C23H32N6O2. The highest BCUT2D eigenvalue weighted by molar-refractivity contribution is 5.97. The van der Waals surface area contributed by atoms with Gasteiger partial charge >= 0.3 is 0 Å². The molecule has 2 fully saturated rings. The number of nitrogens with zero attached hydrogens (tertiary/aromatic N) is 5. The maximum Gasteiger partial charge on any atom is 0.256 e. The van der Waals surface area contributed by atoms with Gasteiger partial charge in [-0.2, -0.15) is 5.10 Å². The summed E-state index contributed by atoms with van der Waals surface area (Å²) >= 11 is 0. The van der Waals surface area contributed by atoms with Gasteiger partial charge in [0, 0.05) is 38.6 Å². The second-order valence-electron chi connectivity index (χ2n) is 8.45. The van der Waals surface area contributed by atoms with Gasteiger partial charge in [-0.1, -0.05) is 18.6 Å². The van der Waals surface area contributed by atoms with Crippen molar-refractivity contribution in [2.45, 2.75) is 51.0 Å². The second kappa shape index (κ2) is 10.5. The fourth-order valence-corrected chi connectivity index (χ4v) is 4.66. The van der Waals surface area contributed by atoms with Crippen LogP contribution in [0.1, 0.15) is 55.3 Å². The summed E-state index contributed by atoms with van der Waals surface area (Å²) in [4.78, 5) is 34.3. The topological polar surface area (TPSA) is 83.4 Å². The lowest BCUT2D eigenvalue weighted by atomic mass is 9.98. The van der Waals surface area contributed by atoms with Crippen LogP contribution in [0.15, 0.2) is 36.9 Å². The minimum atomic E-state index is 0.0280. The molecule has 2 aliphatic heterocycles. The van der Waals surface area contributed by atoms with Crippen LogP contribution in [0.5, 0.6) is 0 Å². The molecule has 2 aliphatic rings. The molecule has 0 bridgehead atoms. The van der Waals surface area contributed by atoms with Crippen LogP contribution in [0.4, 0.5) is 0 Å². The largest absolute Gasteiger partial charge is 0.356 e. The standard InChI is InChI=1S/C23H32N6O2/c30-22-16-19-8-3-5-12-27(19)14-7-15-28(13-6-4-11-25-22)23(31)20-9-1-2-10-21(20)29-18-24-17-26-29/h1-2,9-10,17-19H,3-8,11-16H2,(H,25,30). The van der Waals surface area contributed by atoms with Crippen molar-refractivity contribution in [2.75, 3.05) is 32.7 Å². The van der Waals surface area contributed by atoms with Gasteiger partial charge in [-0.3, -0.25) is 14.5 Å². The lowest BCUT2D eigenvalue weighted by Gasteiger charge is -2.35. The van der Waals surface area contributed by atoms with E-state index in [0.29, 0.717) is 31.1 Å². The molecule has 1 atom stereocenters. The van der Waals surface area contributed by atoms with Crippen molar-refractivity contribution in [2.24, 2.45) is 0 Å². The molecule has 4 rings (SSSR count). The van der Waals surface area contributed by atoms with Gasteiger partial charge in [-0.15, -0.1) is 0 Å². The zero-order chi connectivity index (χ0) is 21.5. The van der Waals surface area contributed by atoms with Gasteiger partial charge in [-0.05, 0) is 50.8 Å². The monoisotopic (exact) mass is 424 g/mol. The van der Waals surface area contributed by atoms with Crippen LogP contribution in [-0.4, -0.2) is 75.1 Å². The zero-order valence-electron chi connectivity index (χ0n) is 18.1. The molecule has 166 valence electrons. The van der Waals surface area contributed by atoms with E-state index in [4.69, 9.17) is 0 Å². The first-order valence-electron chi connectivity index (χ1n) is 11.5. The third-order valence-corrected chi connectivity index (χ3v) is 6.31. The van der Waals surface area contributed by atoms with E-state index in [2.05, 4.69) is 20.3 Å². The van der Waals surface area contributed by atoms with E-state index in [1.165, 1.54) is 19.2 Å². The Bertz CT molecular complexity index is 869. The first kappa shape index (κ1) is 21.5. The number of rotatable bonds is 2. The van der Waals surface area contributed by atoms with Crippen LogP contribution >= 0.6 is 0 Å². The highest BCUT2D eigenvalue weighted by Crippen LogP contribution is 2.21. The second-order valence-corrected chi connectivity index (χ2v) is 8.45. The number of hydrogen-bond acceptors (Lipinski definition) is 5.